The lowest BCUT2D eigenvalue weighted by Gasteiger charge is -2.53. The molecule has 1 amide bonds. The second kappa shape index (κ2) is 29.9. The van der Waals surface area contributed by atoms with E-state index in [1.165, 1.54) is 20.8 Å². The van der Waals surface area contributed by atoms with Crippen LogP contribution in [-0.2, 0) is 72.7 Å². The first-order valence-corrected chi connectivity index (χ1v) is 32.8. The van der Waals surface area contributed by atoms with E-state index < -0.39 is 105 Å². The van der Waals surface area contributed by atoms with Crippen molar-refractivity contribution in [1.82, 2.24) is 30.7 Å². The van der Waals surface area contributed by atoms with Crippen molar-refractivity contribution in [3.63, 3.8) is 0 Å². The molecule has 3 N–H and O–H groups in total. The average Bonchev–Trinajstić information content (AvgIpc) is 0.766. The standard InChI is InChI=1S/C24H24F6N2O2.2C24H26F6N2O/c1-15(16-9-18(23(25,26)27)11-19(10-16)24(28,29)30)34-14-22(17-5-3-2-4-6-17)8-7-20-12-32(22)13-21(33)31-20;2*1-16(17-11-19(23(25,26)27)13-20(12-17)24(28,29)30)33-15-22(18-5-3-2-4-6-18)8-7-21-14-32(22)10-9-31-21/h2-6,9-11,15,20H,7-8,12-14H2,1H3,(H,31,33);2*2-6,11-13,16,21,31H,7-10,14-15H2,1H3/t15-,20-,22-;2*16-,21-,22-/m111/s1. The number of piperidine rings is 3. The summed E-state index contributed by atoms with van der Waals surface area (Å²) >= 11 is 0. The number of benzene rings is 6. The van der Waals surface area contributed by atoms with Crippen LogP contribution in [0.25, 0.3) is 0 Å². The van der Waals surface area contributed by atoms with Crippen molar-refractivity contribution in [2.24, 2.45) is 0 Å². The van der Waals surface area contributed by atoms with E-state index in [2.05, 4.69) is 25.8 Å². The van der Waals surface area contributed by atoms with Crippen molar-refractivity contribution < 1.29 is 98.0 Å². The predicted molar refractivity (Wildman–Crippen MR) is 335 cm³/mol. The van der Waals surface area contributed by atoms with Crippen LogP contribution < -0.4 is 16.0 Å². The molecule has 6 aliphatic rings. The molecule has 6 fully saturated rings. The molecule has 0 aliphatic carbocycles. The van der Waals surface area contributed by atoms with Crippen molar-refractivity contribution in [2.45, 2.75) is 149 Å². The van der Waals surface area contributed by atoms with Crippen molar-refractivity contribution in [3.8, 4) is 0 Å². The zero-order valence-electron chi connectivity index (χ0n) is 54.6. The molecule has 0 saturated carbocycles. The minimum atomic E-state index is -4.93. The van der Waals surface area contributed by atoms with E-state index in [0.717, 1.165) is 106 Å². The monoisotopic (exact) mass is 1430 g/mol. The number of nitrogens with zero attached hydrogens (tertiary/aromatic N) is 3. The largest absolute Gasteiger partial charge is 0.416 e. The van der Waals surface area contributed by atoms with Gasteiger partial charge in [-0.15, -0.1) is 0 Å². The summed E-state index contributed by atoms with van der Waals surface area (Å²) in [5.74, 6) is -0.128. The summed E-state index contributed by atoms with van der Waals surface area (Å²) in [4.78, 5) is 18.9. The molecule has 6 aromatic carbocycles. The van der Waals surface area contributed by atoms with Gasteiger partial charge in [-0.2, -0.15) is 79.0 Å². The van der Waals surface area contributed by atoms with Gasteiger partial charge in [0.25, 0.3) is 0 Å². The summed E-state index contributed by atoms with van der Waals surface area (Å²) in [6, 6.07) is 34.4. The highest BCUT2D eigenvalue weighted by atomic mass is 19.4. The maximum absolute atomic E-state index is 13.3. The quantitative estimate of drug-likeness (QED) is 0.0870. The first kappa shape index (κ1) is 75.9. The number of rotatable bonds is 15. The minimum Gasteiger partial charge on any atom is -0.372 e. The van der Waals surface area contributed by atoms with Crippen molar-refractivity contribution in [2.75, 3.05) is 72.2 Å². The van der Waals surface area contributed by atoms with Crippen molar-refractivity contribution in [3.05, 3.63) is 212 Å². The third kappa shape index (κ3) is 17.6. The number of hydrogen-bond donors (Lipinski definition) is 3. The molecule has 100 heavy (non-hydrogen) atoms. The minimum absolute atomic E-state index is 0.00618. The average molecular weight is 1430 g/mol. The van der Waals surface area contributed by atoms with Crippen LogP contribution in [0.1, 0.15) is 144 Å². The van der Waals surface area contributed by atoms with Gasteiger partial charge in [0.2, 0.25) is 5.91 Å². The Morgan fingerprint density at radius 3 is 0.930 bits per heavy atom. The third-order valence-corrected chi connectivity index (χ3v) is 20.1. The van der Waals surface area contributed by atoms with Crippen LogP contribution in [-0.4, -0.2) is 111 Å². The van der Waals surface area contributed by atoms with E-state index >= 15 is 0 Å². The third-order valence-electron chi connectivity index (χ3n) is 20.1. The molecular weight excluding hydrogens is 1350 g/mol. The van der Waals surface area contributed by atoms with E-state index in [0.29, 0.717) is 43.6 Å². The van der Waals surface area contributed by atoms with Crippen LogP contribution in [0.4, 0.5) is 79.0 Å². The normalized spacial score (nSPS) is 26.6. The number of carbonyl (C=O) groups is 1. The van der Waals surface area contributed by atoms with Gasteiger partial charge < -0.3 is 30.2 Å². The van der Waals surface area contributed by atoms with Crippen LogP contribution in [0, 0.1) is 0 Å². The molecule has 6 bridgehead atoms. The molecule has 3 unspecified atom stereocenters. The number of piperazine rings is 3. The highest BCUT2D eigenvalue weighted by Crippen LogP contribution is 2.47. The molecule has 6 aromatic rings. The van der Waals surface area contributed by atoms with Gasteiger partial charge in [0.1, 0.15) is 0 Å². The number of fused-ring (bicyclic) bond motifs is 6. The van der Waals surface area contributed by atoms with E-state index in [4.69, 9.17) is 14.2 Å². The number of carbonyl (C=O) groups excluding carboxylic acids is 1. The number of hydrogen-bond acceptors (Lipinski definition) is 9. The van der Waals surface area contributed by atoms with Crippen LogP contribution >= 0.6 is 0 Å². The summed E-state index contributed by atoms with van der Waals surface area (Å²) in [5.41, 5.74) is -7.30. The maximum Gasteiger partial charge on any atom is 0.416 e. The molecule has 0 spiro atoms. The molecule has 28 heteroatoms. The molecule has 6 heterocycles. The Labute approximate surface area is 566 Å². The van der Waals surface area contributed by atoms with Gasteiger partial charge in [0.05, 0.1) is 94.7 Å². The molecule has 544 valence electrons. The first-order chi connectivity index (χ1) is 46.9. The zero-order chi connectivity index (χ0) is 72.4. The molecule has 6 saturated heterocycles. The van der Waals surface area contributed by atoms with Crippen LogP contribution in [0.5, 0.6) is 0 Å². The van der Waals surface area contributed by atoms with Gasteiger partial charge in [-0.3, -0.25) is 19.5 Å². The highest BCUT2D eigenvalue weighted by Gasteiger charge is 2.50. The van der Waals surface area contributed by atoms with Crippen molar-refractivity contribution >= 4 is 5.91 Å². The highest BCUT2D eigenvalue weighted by molar-refractivity contribution is 5.79. The lowest BCUT2D eigenvalue weighted by Crippen LogP contribution is -2.65. The lowest BCUT2D eigenvalue weighted by atomic mass is 9.78. The number of nitrogens with one attached hydrogen (secondary N) is 3. The van der Waals surface area contributed by atoms with E-state index in [-0.39, 0.29) is 73.2 Å². The Morgan fingerprint density at radius 2 is 0.650 bits per heavy atom. The zero-order valence-corrected chi connectivity index (χ0v) is 54.6. The number of halogens is 18. The SMILES string of the molecule is C[C@@H](OC[C@@]1(c2ccccc2)CC[C@@H]2CN1CC(=O)N2)c1cc(C(F)(F)F)cc(C(F)(F)F)c1.C[C@@H](OC[C@@]1(c2ccccc2)CC[C@@H]2CN1CCN2)c1cc(C(F)(F)F)cc(C(F)(F)F)c1.C[C@@H](OC[C@@]1(c2ccccc2)CC[C@@H]2CN1CCN2)c1cc(C(F)(F)F)cc(C(F)(F)F)c1. The predicted octanol–water partition coefficient (Wildman–Crippen LogP) is 16.8. The van der Waals surface area contributed by atoms with Gasteiger partial charge in [0, 0.05) is 63.9 Å². The summed E-state index contributed by atoms with van der Waals surface area (Å²) in [6.07, 6.45) is -27.7. The fourth-order valence-corrected chi connectivity index (χ4v) is 14.5. The molecule has 0 aromatic heterocycles. The molecule has 0 radical (unpaired) electrons. The van der Waals surface area contributed by atoms with Gasteiger partial charge in [-0.1, -0.05) is 91.0 Å². The Hall–Kier alpha value is -6.79. The Balaban J connectivity index is 0.000000162. The van der Waals surface area contributed by atoms with Crippen LogP contribution in [0.3, 0.4) is 0 Å². The van der Waals surface area contributed by atoms with Gasteiger partial charge in [-0.05, 0) is 147 Å². The summed E-state index contributed by atoms with van der Waals surface area (Å²) in [7, 11) is 0. The first-order valence-electron chi connectivity index (χ1n) is 32.8. The molecular formula is C72H76F18N6O4. The number of alkyl halides is 18. The molecule has 6 aliphatic heterocycles. The Kier molecular flexibility index (Phi) is 22.7. The van der Waals surface area contributed by atoms with E-state index in [1.54, 1.807) is 0 Å². The second-order valence-corrected chi connectivity index (χ2v) is 26.5. The molecule has 12 atom stereocenters. The van der Waals surface area contributed by atoms with Gasteiger partial charge in [-0.25, -0.2) is 0 Å². The Morgan fingerprint density at radius 1 is 0.390 bits per heavy atom. The summed E-state index contributed by atoms with van der Waals surface area (Å²) in [6.45, 7) is 10.3. The topological polar surface area (TPSA) is 90.6 Å². The molecule has 10 nitrogen and oxygen atoms in total. The summed E-state index contributed by atoms with van der Waals surface area (Å²) in [5, 5.41) is 9.88. The van der Waals surface area contributed by atoms with Crippen LogP contribution in [0.2, 0.25) is 0 Å². The molecule has 12 rings (SSSR count). The van der Waals surface area contributed by atoms with Crippen molar-refractivity contribution in [1.29, 1.82) is 0 Å². The maximum atomic E-state index is 13.3. The number of amides is 1. The summed E-state index contributed by atoms with van der Waals surface area (Å²) < 4.78 is 257. The fraction of sp³-hybridized carbons (Fsp3) is 0.486. The number of ether oxygens (including phenoxy) is 3. The fourth-order valence-electron chi connectivity index (χ4n) is 14.5. The lowest BCUT2D eigenvalue weighted by molar-refractivity contribution is -0.145. The van der Waals surface area contributed by atoms with Gasteiger partial charge >= 0.3 is 37.1 Å². The van der Waals surface area contributed by atoms with Gasteiger partial charge in [0.15, 0.2) is 0 Å². The van der Waals surface area contributed by atoms with E-state index in [9.17, 15) is 83.8 Å². The smallest absolute Gasteiger partial charge is 0.372 e. The second-order valence-electron chi connectivity index (χ2n) is 26.5. The van der Waals surface area contributed by atoms with E-state index in [1.807, 2.05) is 95.9 Å². The Bertz CT molecular complexity index is 3470. The van der Waals surface area contributed by atoms with Crippen LogP contribution in [0.15, 0.2) is 146 Å².